The van der Waals surface area contributed by atoms with Crippen LogP contribution in [0, 0.1) is 0 Å². The number of benzene rings is 1. The van der Waals surface area contributed by atoms with Crippen LogP contribution >= 0.6 is 0 Å². The molecule has 5 heteroatoms. The minimum absolute atomic E-state index is 0.0832. The number of rotatable bonds is 3. The van der Waals surface area contributed by atoms with Gasteiger partial charge in [-0.25, -0.2) is 0 Å². The first-order valence-corrected chi connectivity index (χ1v) is 6.45. The molecule has 1 atom stereocenters. The molecule has 1 N–H and O–H groups in total. The smallest absolute Gasteiger partial charge is 0.245 e. The minimum Gasteiger partial charge on any atom is -0.497 e. The van der Waals surface area contributed by atoms with Crippen molar-refractivity contribution in [1.82, 2.24) is 10.2 Å². The Labute approximate surface area is 114 Å². The van der Waals surface area contributed by atoms with Crippen molar-refractivity contribution in [2.45, 2.75) is 6.04 Å². The van der Waals surface area contributed by atoms with Crippen LogP contribution in [-0.4, -0.2) is 57.7 Å². The van der Waals surface area contributed by atoms with Gasteiger partial charge in [-0.2, -0.15) is 0 Å². The predicted octanol–water partition coefficient (Wildman–Crippen LogP) is 0.562. The van der Waals surface area contributed by atoms with E-state index < -0.39 is 0 Å². The van der Waals surface area contributed by atoms with E-state index in [1.807, 2.05) is 31.3 Å². The number of anilines is 1. The van der Waals surface area contributed by atoms with Crippen LogP contribution in [0.3, 0.4) is 0 Å². The van der Waals surface area contributed by atoms with Crippen LogP contribution < -0.4 is 15.0 Å². The molecule has 1 fully saturated rings. The van der Waals surface area contributed by atoms with Gasteiger partial charge < -0.3 is 19.9 Å². The molecule has 104 valence electrons. The lowest BCUT2D eigenvalue weighted by Crippen LogP contribution is -2.56. The third kappa shape index (κ3) is 3.24. The van der Waals surface area contributed by atoms with Gasteiger partial charge in [0.05, 0.1) is 7.11 Å². The standard InChI is InChI=1S/C14H21N3O2/c1-16-8-7-15-13(10-16)14(18)17(2)11-5-4-6-12(9-11)19-3/h4-6,9,13,15H,7-8,10H2,1-3H3. The molecule has 1 unspecified atom stereocenters. The van der Waals surface area contributed by atoms with Gasteiger partial charge in [-0.1, -0.05) is 6.07 Å². The Bertz CT molecular complexity index is 450. The Balaban J connectivity index is 2.09. The average molecular weight is 263 g/mol. The van der Waals surface area contributed by atoms with Crippen molar-refractivity contribution in [3.8, 4) is 5.75 Å². The number of carbonyl (C=O) groups excluding carboxylic acids is 1. The molecule has 1 amide bonds. The normalized spacial score (nSPS) is 20.1. The lowest BCUT2D eigenvalue weighted by Gasteiger charge is -2.32. The van der Waals surface area contributed by atoms with Gasteiger partial charge in [0.1, 0.15) is 11.8 Å². The summed E-state index contributed by atoms with van der Waals surface area (Å²) in [7, 11) is 5.46. The zero-order chi connectivity index (χ0) is 13.8. The topological polar surface area (TPSA) is 44.8 Å². The molecule has 19 heavy (non-hydrogen) atoms. The third-order valence-corrected chi connectivity index (χ3v) is 3.45. The molecule has 1 aliphatic heterocycles. The molecule has 2 rings (SSSR count). The van der Waals surface area contributed by atoms with Crippen molar-refractivity contribution in [3.63, 3.8) is 0 Å². The van der Waals surface area contributed by atoms with Crippen LogP contribution in [0.2, 0.25) is 0 Å². The van der Waals surface area contributed by atoms with E-state index in [2.05, 4.69) is 10.2 Å². The van der Waals surface area contributed by atoms with Gasteiger partial charge in [0, 0.05) is 38.4 Å². The highest BCUT2D eigenvalue weighted by Crippen LogP contribution is 2.20. The van der Waals surface area contributed by atoms with Crippen molar-refractivity contribution in [1.29, 1.82) is 0 Å². The van der Waals surface area contributed by atoms with E-state index in [9.17, 15) is 4.79 Å². The zero-order valence-electron chi connectivity index (χ0n) is 11.7. The van der Waals surface area contributed by atoms with Gasteiger partial charge in [-0.15, -0.1) is 0 Å². The van der Waals surface area contributed by atoms with Crippen LogP contribution in [0.15, 0.2) is 24.3 Å². The van der Waals surface area contributed by atoms with E-state index in [1.54, 1.807) is 19.1 Å². The fourth-order valence-corrected chi connectivity index (χ4v) is 2.24. The Morgan fingerprint density at radius 1 is 1.53 bits per heavy atom. The van der Waals surface area contributed by atoms with Crippen LogP contribution in [0.5, 0.6) is 5.75 Å². The van der Waals surface area contributed by atoms with Crippen molar-refractivity contribution >= 4 is 11.6 Å². The van der Waals surface area contributed by atoms with Crippen LogP contribution in [0.25, 0.3) is 0 Å². The summed E-state index contributed by atoms with van der Waals surface area (Å²) in [4.78, 5) is 16.3. The van der Waals surface area contributed by atoms with Crippen LogP contribution in [0.4, 0.5) is 5.69 Å². The van der Waals surface area contributed by atoms with E-state index in [0.29, 0.717) is 0 Å². The Hall–Kier alpha value is -1.59. The molecule has 1 aromatic rings. The summed E-state index contributed by atoms with van der Waals surface area (Å²) in [5, 5.41) is 3.26. The van der Waals surface area contributed by atoms with E-state index in [0.717, 1.165) is 31.1 Å². The number of carbonyl (C=O) groups is 1. The number of methoxy groups -OCH3 is 1. The van der Waals surface area contributed by atoms with Gasteiger partial charge in [0.2, 0.25) is 5.91 Å². The lowest BCUT2D eigenvalue weighted by molar-refractivity contribution is -0.121. The van der Waals surface area contributed by atoms with Gasteiger partial charge >= 0.3 is 0 Å². The first-order valence-electron chi connectivity index (χ1n) is 6.45. The molecule has 1 saturated heterocycles. The van der Waals surface area contributed by atoms with Crippen molar-refractivity contribution in [2.75, 3.05) is 45.7 Å². The fourth-order valence-electron chi connectivity index (χ4n) is 2.24. The molecule has 0 aromatic heterocycles. The molecular formula is C14H21N3O2. The lowest BCUT2D eigenvalue weighted by atomic mass is 10.1. The highest BCUT2D eigenvalue weighted by Gasteiger charge is 2.26. The molecule has 0 aliphatic carbocycles. The number of ether oxygens (including phenoxy) is 1. The highest BCUT2D eigenvalue weighted by atomic mass is 16.5. The second-order valence-electron chi connectivity index (χ2n) is 4.87. The fraction of sp³-hybridized carbons (Fsp3) is 0.500. The molecule has 0 bridgehead atoms. The number of nitrogens with zero attached hydrogens (tertiary/aromatic N) is 2. The molecule has 1 aliphatic rings. The van der Waals surface area contributed by atoms with E-state index in [-0.39, 0.29) is 11.9 Å². The third-order valence-electron chi connectivity index (χ3n) is 3.45. The van der Waals surface area contributed by atoms with Gasteiger partial charge in [-0.3, -0.25) is 4.79 Å². The van der Waals surface area contributed by atoms with E-state index in [1.165, 1.54) is 0 Å². The Morgan fingerprint density at radius 2 is 2.32 bits per heavy atom. The summed E-state index contributed by atoms with van der Waals surface area (Å²) in [6, 6.07) is 7.39. The summed E-state index contributed by atoms with van der Waals surface area (Å²) in [6.07, 6.45) is 0. The number of hydrogen-bond acceptors (Lipinski definition) is 4. The number of likely N-dealkylation sites (N-methyl/N-ethyl adjacent to an activating group) is 2. The van der Waals surface area contributed by atoms with Crippen LogP contribution in [0.1, 0.15) is 0 Å². The van der Waals surface area contributed by atoms with Crippen LogP contribution in [-0.2, 0) is 4.79 Å². The SMILES string of the molecule is COc1cccc(N(C)C(=O)C2CN(C)CCN2)c1. The van der Waals surface area contributed by atoms with Gasteiger partial charge in [0.15, 0.2) is 0 Å². The second-order valence-corrected chi connectivity index (χ2v) is 4.87. The van der Waals surface area contributed by atoms with Gasteiger partial charge in [-0.05, 0) is 19.2 Å². The Morgan fingerprint density at radius 3 is 3.00 bits per heavy atom. The van der Waals surface area contributed by atoms with E-state index in [4.69, 9.17) is 4.74 Å². The van der Waals surface area contributed by atoms with Crippen molar-refractivity contribution in [3.05, 3.63) is 24.3 Å². The number of piperazine rings is 1. The molecule has 1 heterocycles. The summed E-state index contributed by atoms with van der Waals surface area (Å²) in [5.41, 5.74) is 0.847. The van der Waals surface area contributed by atoms with Gasteiger partial charge in [0.25, 0.3) is 0 Å². The molecule has 1 aromatic carbocycles. The maximum absolute atomic E-state index is 12.4. The second kappa shape index (κ2) is 6.04. The quantitative estimate of drug-likeness (QED) is 0.865. The van der Waals surface area contributed by atoms with Crippen molar-refractivity contribution < 1.29 is 9.53 Å². The molecule has 0 saturated carbocycles. The number of amides is 1. The maximum atomic E-state index is 12.4. The Kier molecular flexibility index (Phi) is 4.39. The number of hydrogen-bond donors (Lipinski definition) is 1. The molecule has 0 radical (unpaired) electrons. The summed E-state index contributed by atoms with van der Waals surface area (Å²) in [5.74, 6) is 0.839. The predicted molar refractivity (Wildman–Crippen MR) is 75.7 cm³/mol. The van der Waals surface area contributed by atoms with Crippen molar-refractivity contribution in [2.24, 2.45) is 0 Å². The zero-order valence-corrected chi connectivity index (χ0v) is 11.7. The monoisotopic (exact) mass is 263 g/mol. The maximum Gasteiger partial charge on any atom is 0.245 e. The summed E-state index contributed by atoms with van der Waals surface area (Å²) in [6.45, 7) is 2.57. The number of nitrogens with one attached hydrogen (secondary N) is 1. The minimum atomic E-state index is -0.144. The summed E-state index contributed by atoms with van der Waals surface area (Å²) < 4.78 is 5.19. The average Bonchev–Trinajstić information content (AvgIpc) is 2.45. The van der Waals surface area contributed by atoms with E-state index >= 15 is 0 Å². The highest BCUT2D eigenvalue weighted by molar-refractivity contribution is 5.97. The molecule has 5 nitrogen and oxygen atoms in total. The first-order chi connectivity index (χ1) is 9.11. The molecule has 0 spiro atoms. The molecular weight excluding hydrogens is 242 g/mol. The first kappa shape index (κ1) is 13.8. The largest absolute Gasteiger partial charge is 0.497 e. The summed E-state index contributed by atoms with van der Waals surface area (Å²) >= 11 is 0.